The number of nitrogens with zero attached hydrogens (tertiary/aromatic N) is 5. The largest absolute Gasteiger partial charge is 0.566 e. The van der Waals surface area contributed by atoms with Gasteiger partial charge in [-0.1, -0.05) is 4.49 Å². The van der Waals surface area contributed by atoms with Crippen LogP contribution in [0, 0.1) is 18.3 Å². The van der Waals surface area contributed by atoms with Crippen LogP contribution in [0.1, 0.15) is 16.1 Å². The van der Waals surface area contributed by atoms with Crippen molar-refractivity contribution in [2.75, 3.05) is 0 Å². The summed E-state index contributed by atoms with van der Waals surface area (Å²) in [6.45, 7) is 1.79. The molecule has 0 N–H and O–H groups in total. The van der Waals surface area contributed by atoms with Gasteiger partial charge in [-0.05, 0) is 18.5 Å². The molecular weight excluding hydrogens is 261 g/mol. The lowest BCUT2D eigenvalue weighted by molar-refractivity contribution is -0.751. The van der Waals surface area contributed by atoms with Gasteiger partial charge >= 0.3 is 8.05 Å². The van der Waals surface area contributed by atoms with Crippen LogP contribution in [0.4, 0.5) is 0 Å². The second-order valence-electron chi connectivity index (χ2n) is 3.98. The molecule has 94 valence electrons. The van der Waals surface area contributed by atoms with Gasteiger partial charge in [0.1, 0.15) is 22.3 Å². The van der Waals surface area contributed by atoms with E-state index in [2.05, 4.69) is 15.7 Å². The first-order valence-electron chi connectivity index (χ1n) is 5.41. The van der Waals surface area contributed by atoms with E-state index < -0.39 is 0 Å². The first kappa shape index (κ1) is 13.3. The second kappa shape index (κ2) is 5.24. The molecule has 0 unspecified atom stereocenters. The normalized spacial score (nSPS) is 11.9. The third-order valence-corrected chi connectivity index (χ3v) is 3.58. The van der Waals surface area contributed by atoms with Crippen LogP contribution in [0.3, 0.4) is 0 Å². The Morgan fingerprint density at radius 3 is 2.79 bits per heavy atom. The molecule has 0 aromatic carbocycles. The molecule has 2 radical (unpaired) electrons. The molecule has 6 nitrogen and oxygen atoms in total. The molecule has 0 saturated carbocycles. The average Bonchev–Trinajstić information content (AvgIpc) is 2.93. The standard InChI is InChI=1S/C11H11BN5OS/c1-7-11(19-15-14-7)10(18-12)9(4-13)8-5-16(2)17(3)6-8/h5-6H,1-3H3/q+1. The van der Waals surface area contributed by atoms with Gasteiger partial charge in [-0.3, -0.25) is 0 Å². The Balaban J connectivity index is 2.63. The molecule has 0 bridgehead atoms. The minimum absolute atomic E-state index is 0.293. The van der Waals surface area contributed by atoms with Crippen molar-refractivity contribution >= 4 is 30.9 Å². The zero-order valence-corrected chi connectivity index (χ0v) is 11.6. The maximum Gasteiger partial charge on any atom is 0.374 e. The van der Waals surface area contributed by atoms with Crippen molar-refractivity contribution in [3.63, 3.8) is 0 Å². The number of hydrogen-bond acceptors (Lipinski definition) is 5. The van der Waals surface area contributed by atoms with Gasteiger partial charge in [-0.2, -0.15) is 9.94 Å². The number of aromatic nitrogens is 4. The molecular formula is C11H11BN5OS+. The molecule has 0 atom stereocenters. The number of rotatable bonds is 3. The van der Waals surface area contributed by atoms with Gasteiger partial charge in [0, 0.05) is 0 Å². The summed E-state index contributed by atoms with van der Waals surface area (Å²) in [5.74, 6) is 0.293. The van der Waals surface area contributed by atoms with E-state index in [1.165, 1.54) is 0 Å². The van der Waals surface area contributed by atoms with E-state index in [1.54, 1.807) is 6.92 Å². The van der Waals surface area contributed by atoms with Crippen molar-refractivity contribution in [3.05, 3.63) is 28.5 Å². The molecule has 2 aromatic heterocycles. The minimum atomic E-state index is 0.293. The Labute approximate surface area is 116 Å². The fraction of sp³-hybridized carbons (Fsp3) is 0.273. The highest BCUT2D eigenvalue weighted by Crippen LogP contribution is 2.29. The third-order valence-electron chi connectivity index (χ3n) is 2.75. The average molecular weight is 272 g/mol. The smallest absolute Gasteiger partial charge is 0.374 e. The Kier molecular flexibility index (Phi) is 3.67. The summed E-state index contributed by atoms with van der Waals surface area (Å²) >= 11 is 1.14. The summed E-state index contributed by atoms with van der Waals surface area (Å²) < 4.78 is 12.4. The molecule has 0 amide bonds. The number of allylic oxidation sites excluding steroid dienone is 1. The fourth-order valence-electron chi connectivity index (χ4n) is 1.66. The quantitative estimate of drug-likeness (QED) is 0.353. The molecule has 0 spiro atoms. The van der Waals surface area contributed by atoms with E-state index >= 15 is 0 Å². The molecule has 19 heavy (non-hydrogen) atoms. The number of aryl methyl sites for hydroxylation is 3. The number of hydrogen-bond donors (Lipinski definition) is 0. The summed E-state index contributed by atoms with van der Waals surface area (Å²) in [7, 11) is 9.07. The summed E-state index contributed by atoms with van der Waals surface area (Å²) in [5, 5.41) is 13.3. The lowest BCUT2D eigenvalue weighted by Crippen LogP contribution is -2.35. The van der Waals surface area contributed by atoms with Crippen molar-refractivity contribution in [1.82, 2.24) is 14.3 Å². The predicted octanol–water partition coefficient (Wildman–Crippen LogP) is 0.501. The van der Waals surface area contributed by atoms with Crippen LogP contribution in [-0.2, 0) is 18.7 Å². The Morgan fingerprint density at radius 2 is 2.37 bits per heavy atom. The fourth-order valence-corrected chi connectivity index (χ4v) is 2.31. The zero-order chi connectivity index (χ0) is 14.0. The van der Waals surface area contributed by atoms with E-state index in [9.17, 15) is 5.26 Å². The SMILES string of the molecule is [B]OC(=C(C#N)c1cn(C)[n+](C)c1)c1snnc1C. The second-order valence-corrected chi connectivity index (χ2v) is 4.74. The van der Waals surface area contributed by atoms with Crippen LogP contribution in [-0.4, -0.2) is 22.3 Å². The Morgan fingerprint density at radius 1 is 1.63 bits per heavy atom. The van der Waals surface area contributed by atoms with E-state index in [0.29, 0.717) is 21.9 Å². The predicted molar refractivity (Wildman–Crippen MR) is 70.5 cm³/mol. The van der Waals surface area contributed by atoms with E-state index in [-0.39, 0.29) is 0 Å². The molecule has 0 fully saturated rings. The highest BCUT2D eigenvalue weighted by atomic mass is 32.1. The monoisotopic (exact) mass is 272 g/mol. The van der Waals surface area contributed by atoms with Gasteiger partial charge in [-0.15, -0.1) is 9.78 Å². The maximum atomic E-state index is 9.37. The van der Waals surface area contributed by atoms with Gasteiger partial charge < -0.3 is 4.65 Å². The van der Waals surface area contributed by atoms with Crippen LogP contribution in [0.5, 0.6) is 0 Å². The molecule has 0 aliphatic carbocycles. The van der Waals surface area contributed by atoms with Gasteiger partial charge in [0.25, 0.3) is 0 Å². The highest BCUT2D eigenvalue weighted by Gasteiger charge is 2.20. The van der Waals surface area contributed by atoms with Crippen molar-refractivity contribution in [2.45, 2.75) is 6.92 Å². The van der Waals surface area contributed by atoms with E-state index in [1.807, 2.05) is 35.9 Å². The highest BCUT2D eigenvalue weighted by molar-refractivity contribution is 7.07. The summed E-state index contributed by atoms with van der Waals surface area (Å²) in [6, 6.07) is 2.12. The van der Waals surface area contributed by atoms with Crippen LogP contribution < -0.4 is 4.68 Å². The minimum Gasteiger partial charge on any atom is -0.566 e. The lowest BCUT2D eigenvalue weighted by Gasteiger charge is -2.06. The van der Waals surface area contributed by atoms with Crippen LogP contribution >= 0.6 is 11.5 Å². The summed E-state index contributed by atoms with van der Waals surface area (Å²) in [5.41, 5.74) is 1.76. The first-order valence-corrected chi connectivity index (χ1v) is 6.19. The van der Waals surface area contributed by atoms with E-state index in [0.717, 1.165) is 17.1 Å². The van der Waals surface area contributed by atoms with Crippen molar-refractivity contribution in [2.24, 2.45) is 14.1 Å². The van der Waals surface area contributed by atoms with Gasteiger partial charge in [0.2, 0.25) is 6.20 Å². The van der Waals surface area contributed by atoms with Crippen molar-refractivity contribution < 1.29 is 9.34 Å². The molecule has 0 aliphatic rings. The molecule has 0 aliphatic heterocycles. The molecule has 2 heterocycles. The third kappa shape index (κ3) is 2.37. The lowest BCUT2D eigenvalue weighted by atomic mass is 10.1. The van der Waals surface area contributed by atoms with Gasteiger partial charge in [-0.25, -0.2) is 0 Å². The van der Waals surface area contributed by atoms with Crippen molar-refractivity contribution in [1.29, 1.82) is 5.26 Å². The molecule has 2 aromatic rings. The van der Waals surface area contributed by atoms with E-state index in [4.69, 9.17) is 12.7 Å². The van der Waals surface area contributed by atoms with Gasteiger partial charge in [0.05, 0.1) is 24.5 Å². The maximum absolute atomic E-state index is 9.37. The summed E-state index contributed by atoms with van der Waals surface area (Å²) in [4.78, 5) is 0.658. The van der Waals surface area contributed by atoms with Crippen LogP contribution in [0.25, 0.3) is 11.3 Å². The first-order chi connectivity index (χ1) is 9.08. The molecule has 8 heteroatoms. The summed E-state index contributed by atoms with van der Waals surface area (Å²) in [6.07, 6.45) is 3.64. The Hall–Kier alpha value is -2.14. The van der Waals surface area contributed by atoms with Crippen LogP contribution in [0.15, 0.2) is 12.4 Å². The topological polar surface area (TPSA) is 67.6 Å². The Bertz CT molecular complexity index is 662. The molecule has 0 saturated heterocycles. The van der Waals surface area contributed by atoms with Crippen LogP contribution in [0.2, 0.25) is 0 Å². The van der Waals surface area contributed by atoms with Crippen molar-refractivity contribution in [3.8, 4) is 6.07 Å². The van der Waals surface area contributed by atoms with Gasteiger partial charge in [0.15, 0.2) is 7.05 Å². The molecule has 2 rings (SSSR count). The number of nitriles is 1. The zero-order valence-electron chi connectivity index (χ0n) is 10.8.